The van der Waals surface area contributed by atoms with E-state index < -0.39 is 0 Å². The third-order valence-electron chi connectivity index (χ3n) is 2.76. The zero-order valence-corrected chi connectivity index (χ0v) is 10.2. The number of hydrogen-bond donors (Lipinski definition) is 1. The van der Waals surface area contributed by atoms with E-state index in [2.05, 4.69) is 0 Å². The fourth-order valence-corrected chi connectivity index (χ4v) is 1.73. The van der Waals surface area contributed by atoms with Gasteiger partial charge in [-0.25, -0.2) is 0 Å². The van der Waals surface area contributed by atoms with Crippen molar-refractivity contribution < 1.29 is 9.15 Å². The first-order valence-electron chi connectivity index (χ1n) is 5.67. The molecule has 0 saturated heterocycles. The SMILES string of the molecule is Cc1ccccc1OCc1cc(CN)c(C)o1. The molecule has 2 aromatic rings. The minimum Gasteiger partial charge on any atom is -0.485 e. The number of aryl methyl sites for hydroxylation is 2. The van der Waals surface area contributed by atoms with Gasteiger partial charge in [0.25, 0.3) is 0 Å². The van der Waals surface area contributed by atoms with Crippen LogP contribution in [0.1, 0.15) is 22.6 Å². The first kappa shape index (κ1) is 11.7. The molecule has 0 aliphatic carbocycles. The van der Waals surface area contributed by atoms with Gasteiger partial charge in [0.15, 0.2) is 0 Å². The summed E-state index contributed by atoms with van der Waals surface area (Å²) in [6.07, 6.45) is 0. The number of benzene rings is 1. The average Bonchev–Trinajstić information content (AvgIpc) is 2.69. The minimum absolute atomic E-state index is 0.436. The quantitative estimate of drug-likeness (QED) is 0.880. The van der Waals surface area contributed by atoms with Crippen LogP contribution in [0.25, 0.3) is 0 Å². The summed E-state index contributed by atoms with van der Waals surface area (Å²) in [7, 11) is 0. The van der Waals surface area contributed by atoms with Crippen molar-refractivity contribution in [2.24, 2.45) is 5.73 Å². The Balaban J connectivity index is 2.05. The summed E-state index contributed by atoms with van der Waals surface area (Å²) in [5, 5.41) is 0. The van der Waals surface area contributed by atoms with E-state index in [0.29, 0.717) is 13.2 Å². The predicted octanol–water partition coefficient (Wildman–Crippen LogP) is 2.93. The van der Waals surface area contributed by atoms with Crippen molar-refractivity contribution in [3.05, 3.63) is 53.0 Å². The summed E-state index contributed by atoms with van der Waals surface area (Å²) in [5.41, 5.74) is 7.75. The van der Waals surface area contributed by atoms with Crippen molar-refractivity contribution in [1.82, 2.24) is 0 Å². The van der Waals surface area contributed by atoms with E-state index in [1.807, 2.05) is 44.2 Å². The first-order valence-corrected chi connectivity index (χ1v) is 5.67. The molecule has 0 aliphatic heterocycles. The van der Waals surface area contributed by atoms with Crippen LogP contribution < -0.4 is 10.5 Å². The highest BCUT2D eigenvalue weighted by molar-refractivity contribution is 5.32. The first-order chi connectivity index (χ1) is 8.20. The van der Waals surface area contributed by atoms with Crippen LogP contribution in [0.15, 0.2) is 34.7 Å². The summed E-state index contributed by atoms with van der Waals surface area (Å²) < 4.78 is 11.3. The lowest BCUT2D eigenvalue weighted by Crippen LogP contribution is -1.96. The maximum absolute atomic E-state index is 5.70. The van der Waals surface area contributed by atoms with Gasteiger partial charge in [0.2, 0.25) is 0 Å². The maximum Gasteiger partial charge on any atom is 0.146 e. The molecular formula is C14H17NO2. The van der Waals surface area contributed by atoms with Gasteiger partial charge in [-0.15, -0.1) is 0 Å². The van der Waals surface area contributed by atoms with Crippen LogP contribution >= 0.6 is 0 Å². The van der Waals surface area contributed by atoms with Crippen LogP contribution in [0.3, 0.4) is 0 Å². The van der Waals surface area contributed by atoms with Crippen LogP contribution in [0.2, 0.25) is 0 Å². The fraction of sp³-hybridized carbons (Fsp3) is 0.286. The van der Waals surface area contributed by atoms with Crippen molar-refractivity contribution in [3.63, 3.8) is 0 Å². The van der Waals surface area contributed by atoms with Gasteiger partial charge < -0.3 is 14.9 Å². The van der Waals surface area contributed by atoms with Gasteiger partial charge >= 0.3 is 0 Å². The third kappa shape index (κ3) is 2.68. The molecule has 1 heterocycles. The molecule has 0 bridgehead atoms. The molecule has 0 unspecified atom stereocenters. The standard InChI is InChI=1S/C14H17NO2/c1-10-5-3-4-6-14(10)16-9-13-7-12(8-15)11(2)17-13/h3-7H,8-9,15H2,1-2H3. The van der Waals surface area contributed by atoms with Crippen LogP contribution in [0.5, 0.6) is 5.75 Å². The Morgan fingerprint density at radius 1 is 1.24 bits per heavy atom. The summed E-state index contributed by atoms with van der Waals surface area (Å²) >= 11 is 0. The van der Waals surface area contributed by atoms with Crippen molar-refractivity contribution >= 4 is 0 Å². The summed E-state index contributed by atoms with van der Waals surface area (Å²) in [6, 6.07) is 9.88. The lowest BCUT2D eigenvalue weighted by atomic mass is 10.2. The molecule has 2 N–H and O–H groups in total. The fourth-order valence-electron chi connectivity index (χ4n) is 1.73. The molecule has 0 fully saturated rings. The molecule has 0 radical (unpaired) electrons. The Bertz CT molecular complexity index is 503. The van der Waals surface area contributed by atoms with Gasteiger partial charge in [0.1, 0.15) is 23.9 Å². The maximum atomic E-state index is 5.70. The molecule has 0 atom stereocenters. The molecular weight excluding hydrogens is 214 g/mol. The van der Waals surface area contributed by atoms with E-state index >= 15 is 0 Å². The Labute approximate surface area is 101 Å². The van der Waals surface area contributed by atoms with Crippen molar-refractivity contribution in [3.8, 4) is 5.75 Å². The van der Waals surface area contributed by atoms with Crippen LogP contribution in [0, 0.1) is 13.8 Å². The normalized spacial score (nSPS) is 10.5. The van der Waals surface area contributed by atoms with E-state index in [9.17, 15) is 0 Å². The van der Waals surface area contributed by atoms with Crippen molar-refractivity contribution in [1.29, 1.82) is 0 Å². The van der Waals surface area contributed by atoms with Crippen molar-refractivity contribution in [2.75, 3.05) is 0 Å². The molecule has 17 heavy (non-hydrogen) atoms. The Morgan fingerprint density at radius 3 is 2.65 bits per heavy atom. The lowest BCUT2D eigenvalue weighted by molar-refractivity contribution is 0.266. The highest BCUT2D eigenvalue weighted by Gasteiger charge is 2.07. The zero-order valence-electron chi connectivity index (χ0n) is 10.2. The van der Waals surface area contributed by atoms with Crippen LogP contribution in [0.4, 0.5) is 0 Å². The van der Waals surface area contributed by atoms with Gasteiger partial charge in [-0.3, -0.25) is 0 Å². The van der Waals surface area contributed by atoms with Gasteiger partial charge in [-0.1, -0.05) is 18.2 Å². The van der Waals surface area contributed by atoms with Gasteiger partial charge in [-0.05, 0) is 31.5 Å². The number of ether oxygens (including phenoxy) is 1. The van der Waals surface area contributed by atoms with Crippen LogP contribution in [-0.2, 0) is 13.2 Å². The molecule has 0 aliphatic rings. The molecule has 0 saturated carbocycles. The van der Waals surface area contributed by atoms with E-state index in [1.165, 1.54) is 0 Å². The lowest BCUT2D eigenvalue weighted by Gasteiger charge is -2.06. The molecule has 2 rings (SSSR count). The van der Waals surface area contributed by atoms with Gasteiger partial charge in [0.05, 0.1) is 0 Å². The average molecular weight is 231 g/mol. The molecule has 3 heteroatoms. The monoisotopic (exact) mass is 231 g/mol. The topological polar surface area (TPSA) is 48.4 Å². The molecule has 90 valence electrons. The Morgan fingerprint density at radius 2 is 2.00 bits per heavy atom. The largest absolute Gasteiger partial charge is 0.485 e. The van der Waals surface area contributed by atoms with E-state index in [-0.39, 0.29) is 0 Å². The Kier molecular flexibility index (Phi) is 3.49. The smallest absolute Gasteiger partial charge is 0.146 e. The van der Waals surface area contributed by atoms with Crippen LogP contribution in [-0.4, -0.2) is 0 Å². The highest BCUT2D eigenvalue weighted by atomic mass is 16.5. The van der Waals surface area contributed by atoms with E-state index in [1.54, 1.807) is 0 Å². The summed E-state index contributed by atoms with van der Waals surface area (Å²) in [5.74, 6) is 2.57. The van der Waals surface area contributed by atoms with E-state index in [0.717, 1.165) is 28.4 Å². The zero-order chi connectivity index (χ0) is 12.3. The molecule has 0 spiro atoms. The number of nitrogens with two attached hydrogens (primary N) is 1. The minimum atomic E-state index is 0.436. The van der Waals surface area contributed by atoms with Gasteiger partial charge in [0, 0.05) is 12.1 Å². The number of furan rings is 1. The molecule has 1 aromatic heterocycles. The Hall–Kier alpha value is -1.74. The third-order valence-corrected chi connectivity index (χ3v) is 2.76. The summed E-state index contributed by atoms with van der Waals surface area (Å²) in [4.78, 5) is 0. The summed E-state index contributed by atoms with van der Waals surface area (Å²) in [6.45, 7) is 4.87. The van der Waals surface area contributed by atoms with Crippen molar-refractivity contribution in [2.45, 2.75) is 27.0 Å². The second-order valence-corrected chi connectivity index (χ2v) is 4.05. The molecule has 0 amide bonds. The van der Waals surface area contributed by atoms with Gasteiger partial charge in [-0.2, -0.15) is 0 Å². The second kappa shape index (κ2) is 5.06. The second-order valence-electron chi connectivity index (χ2n) is 4.05. The number of para-hydroxylation sites is 1. The van der Waals surface area contributed by atoms with E-state index in [4.69, 9.17) is 14.9 Å². The predicted molar refractivity (Wildman–Crippen MR) is 66.8 cm³/mol. The molecule has 1 aromatic carbocycles. The number of hydrogen-bond acceptors (Lipinski definition) is 3. The number of rotatable bonds is 4. The highest BCUT2D eigenvalue weighted by Crippen LogP contribution is 2.20. The molecule has 3 nitrogen and oxygen atoms in total.